The van der Waals surface area contributed by atoms with Gasteiger partial charge in [-0.15, -0.1) is 0 Å². The zero-order valence-corrected chi connectivity index (χ0v) is 13.9. The number of aromatic nitrogens is 2. The number of amides is 1. The molecule has 1 aromatic carbocycles. The van der Waals surface area contributed by atoms with Crippen LogP contribution in [-0.2, 0) is 4.79 Å². The van der Waals surface area contributed by atoms with Crippen molar-refractivity contribution in [3.63, 3.8) is 0 Å². The van der Waals surface area contributed by atoms with Crippen LogP contribution in [0.25, 0.3) is 0 Å². The van der Waals surface area contributed by atoms with E-state index in [1.165, 1.54) is 10.7 Å². The third-order valence-electron chi connectivity index (χ3n) is 4.40. The number of nitrogens with one attached hydrogen (secondary N) is 1. The molecule has 130 valence electrons. The Kier molecular flexibility index (Phi) is 3.91. The molecule has 4 rings (SSSR count). The lowest BCUT2D eigenvalue weighted by Crippen LogP contribution is -2.33. The van der Waals surface area contributed by atoms with Gasteiger partial charge in [-0.05, 0) is 38.0 Å². The van der Waals surface area contributed by atoms with Crippen LogP contribution in [0.2, 0.25) is 0 Å². The van der Waals surface area contributed by atoms with Gasteiger partial charge in [-0.25, -0.2) is 4.68 Å². The summed E-state index contributed by atoms with van der Waals surface area (Å²) < 4.78 is 12.2. The van der Waals surface area contributed by atoms with Gasteiger partial charge in [-0.2, -0.15) is 5.10 Å². The van der Waals surface area contributed by atoms with Crippen molar-refractivity contribution < 1.29 is 14.3 Å². The first-order chi connectivity index (χ1) is 12.1. The van der Waals surface area contributed by atoms with E-state index in [1.54, 1.807) is 31.2 Å². The first-order valence-electron chi connectivity index (χ1n) is 8.42. The molecule has 1 amide bonds. The van der Waals surface area contributed by atoms with E-state index in [2.05, 4.69) is 10.4 Å². The molecule has 1 fully saturated rings. The maximum atomic E-state index is 12.5. The molecule has 25 heavy (non-hydrogen) atoms. The summed E-state index contributed by atoms with van der Waals surface area (Å²) in [6.45, 7) is 2.66. The van der Waals surface area contributed by atoms with E-state index in [4.69, 9.17) is 9.47 Å². The molecule has 1 aliphatic heterocycles. The molecule has 1 saturated carbocycles. The number of anilines is 1. The largest absolute Gasteiger partial charge is 0.486 e. The van der Waals surface area contributed by atoms with Crippen LogP contribution < -0.4 is 20.3 Å². The standard InChI is InChI=1S/C18H19N3O4/c1-11(21-17(22)7-5-14(20-21)12-2-3-12)18(23)19-13-4-6-15-16(10-13)25-9-8-24-15/h4-7,10-12H,2-3,8-9H2,1H3,(H,19,23)/t11-/m1/s1. The molecule has 0 radical (unpaired) electrons. The minimum absolute atomic E-state index is 0.283. The summed E-state index contributed by atoms with van der Waals surface area (Å²) in [6, 6.07) is 7.74. The van der Waals surface area contributed by atoms with Crippen molar-refractivity contribution in [2.24, 2.45) is 0 Å². The molecule has 2 aliphatic rings. The summed E-state index contributed by atoms with van der Waals surface area (Å²) in [5.74, 6) is 1.37. The van der Waals surface area contributed by atoms with Crippen LogP contribution in [-0.4, -0.2) is 28.9 Å². The lowest BCUT2D eigenvalue weighted by Gasteiger charge is -2.19. The Morgan fingerprint density at radius 2 is 1.96 bits per heavy atom. The van der Waals surface area contributed by atoms with Gasteiger partial charge in [0.05, 0.1) is 5.69 Å². The van der Waals surface area contributed by atoms with Crippen LogP contribution in [0.3, 0.4) is 0 Å². The number of fused-ring (bicyclic) bond motifs is 1. The first kappa shape index (κ1) is 15.7. The molecule has 1 aliphatic carbocycles. The molecule has 1 aromatic heterocycles. The zero-order chi connectivity index (χ0) is 17.4. The van der Waals surface area contributed by atoms with Gasteiger partial charge in [-0.1, -0.05) is 0 Å². The molecule has 2 aromatic rings. The summed E-state index contributed by atoms with van der Waals surface area (Å²) in [5, 5.41) is 7.17. The highest BCUT2D eigenvalue weighted by atomic mass is 16.6. The summed E-state index contributed by atoms with van der Waals surface area (Å²) >= 11 is 0. The van der Waals surface area contributed by atoms with Gasteiger partial charge in [0.15, 0.2) is 11.5 Å². The van der Waals surface area contributed by atoms with E-state index in [9.17, 15) is 9.59 Å². The Labute approximate surface area is 144 Å². The highest BCUT2D eigenvalue weighted by Gasteiger charge is 2.27. The van der Waals surface area contributed by atoms with Crippen molar-refractivity contribution in [1.29, 1.82) is 0 Å². The highest BCUT2D eigenvalue weighted by molar-refractivity contribution is 5.93. The second-order valence-electron chi connectivity index (χ2n) is 6.34. The number of carbonyl (C=O) groups excluding carboxylic acids is 1. The van der Waals surface area contributed by atoms with Crippen LogP contribution >= 0.6 is 0 Å². The summed E-state index contributed by atoms with van der Waals surface area (Å²) in [7, 11) is 0. The minimum Gasteiger partial charge on any atom is -0.486 e. The minimum atomic E-state index is -0.709. The number of nitrogens with zero attached hydrogens (tertiary/aromatic N) is 2. The topological polar surface area (TPSA) is 82.4 Å². The predicted molar refractivity (Wildman–Crippen MR) is 91.2 cm³/mol. The van der Waals surface area contributed by atoms with Gasteiger partial charge in [0, 0.05) is 23.7 Å². The SMILES string of the molecule is C[C@H](C(=O)Nc1ccc2c(c1)OCCO2)n1nc(C2CC2)ccc1=O. The Morgan fingerprint density at radius 3 is 2.72 bits per heavy atom. The second-order valence-corrected chi connectivity index (χ2v) is 6.34. The van der Waals surface area contributed by atoms with Gasteiger partial charge in [0.25, 0.3) is 5.56 Å². The Hall–Kier alpha value is -2.83. The lowest BCUT2D eigenvalue weighted by atomic mass is 10.2. The zero-order valence-electron chi connectivity index (χ0n) is 13.9. The second kappa shape index (κ2) is 6.23. The Balaban J connectivity index is 1.53. The van der Waals surface area contributed by atoms with E-state index in [0.29, 0.717) is 36.3 Å². The van der Waals surface area contributed by atoms with Gasteiger partial charge in [-0.3, -0.25) is 9.59 Å². The van der Waals surface area contributed by atoms with Gasteiger partial charge < -0.3 is 14.8 Å². The van der Waals surface area contributed by atoms with Gasteiger partial charge in [0.1, 0.15) is 19.3 Å². The normalized spacial score (nSPS) is 17.0. The van der Waals surface area contributed by atoms with E-state index < -0.39 is 6.04 Å². The molecule has 0 bridgehead atoms. The van der Waals surface area contributed by atoms with Crippen molar-refractivity contribution in [3.05, 3.63) is 46.4 Å². The Morgan fingerprint density at radius 1 is 1.20 bits per heavy atom. The van der Waals surface area contributed by atoms with Crippen LogP contribution in [0.15, 0.2) is 35.1 Å². The third-order valence-corrected chi connectivity index (χ3v) is 4.40. The third kappa shape index (κ3) is 3.22. The van der Waals surface area contributed by atoms with Crippen LogP contribution in [0.1, 0.15) is 37.4 Å². The molecule has 2 heterocycles. The fourth-order valence-corrected chi connectivity index (χ4v) is 2.79. The van der Waals surface area contributed by atoms with Crippen molar-refractivity contribution in [2.45, 2.75) is 31.7 Å². The molecule has 0 unspecified atom stereocenters. The average molecular weight is 341 g/mol. The number of benzene rings is 1. The van der Waals surface area contributed by atoms with E-state index in [-0.39, 0.29) is 11.5 Å². The molecular formula is C18H19N3O4. The van der Waals surface area contributed by atoms with Crippen LogP contribution in [0.5, 0.6) is 11.5 Å². The van der Waals surface area contributed by atoms with E-state index in [1.807, 2.05) is 0 Å². The smallest absolute Gasteiger partial charge is 0.267 e. The fourth-order valence-electron chi connectivity index (χ4n) is 2.79. The maximum absolute atomic E-state index is 12.5. The lowest BCUT2D eigenvalue weighted by molar-refractivity contribution is -0.119. The van der Waals surface area contributed by atoms with Crippen LogP contribution in [0.4, 0.5) is 5.69 Å². The number of ether oxygens (including phenoxy) is 2. The number of hydrogen-bond acceptors (Lipinski definition) is 5. The number of rotatable bonds is 4. The summed E-state index contributed by atoms with van der Waals surface area (Å²) in [6.07, 6.45) is 2.17. The summed E-state index contributed by atoms with van der Waals surface area (Å²) in [5.41, 5.74) is 1.18. The van der Waals surface area contributed by atoms with Crippen LogP contribution in [0, 0.1) is 0 Å². The van der Waals surface area contributed by atoms with Crippen molar-refractivity contribution >= 4 is 11.6 Å². The molecule has 0 saturated heterocycles. The quantitative estimate of drug-likeness (QED) is 0.921. The Bertz CT molecular complexity index is 873. The highest BCUT2D eigenvalue weighted by Crippen LogP contribution is 2.38. The molecule has 1 atom stereocenters. The monoisotopic (exact) mass is 341 g/mol. The number of hydrogen-bond donors (Lipinski definition) is 1. The summed E-state index contributed by atoms with van der Waals surface area (Å²) in [4.78, 5) is 24.6. The maximum Gasteiger partial charge on any atom is 0.267 e. The van der Waals surface area contributed by atoms with E-state index >= 15 is 0 Å². The average Bonchev–Trinajstić information content (AvgIpc) is 3.46. The first-order valence-corrected chi connectivity index (χ1v) is 8.42. The molecule has 0 spiro atoms. The molecule has 1 N–H and O–H groups in total. The molecular weight excluding hydrogens is 322 g/mol. The van der Waals surface area contributed by atoms with E-state index in [0.717, 1.165) is 18.5 Å². The van der Waals surface area contributed by atoms with Gasteiger partial charge >= 0.3 is 0 Å². The van der Waals surface area contributed by atoms with Crippen molar-refractivity contribution in [3.8, 4) is 11.5 Å². The predicted octanol–water partition coefficient (Wildman–Crippen LogP) is 2.09. The number of carbonyl (C=O) groups is 1. The fraction of sp³-hybridized carbons (Fsp3) is 0.389. The van der Waals surface area contributed by atoms with Crippen molar-refractivity contribution in [2.75, 3.05) is 18.5 Å². The molecule has 7 nitrogen and oxygen atoms in total. The molecule has 7 heteroatoms. The van der Waals surface area contributed by atoms with Crippen molar-refractivity contribution in [1.82, 2.24) is 9.78 Å². The van der Waals surface area contributed by atoms with Gasteiger partial charge in [0.2, 0.25) is 5.91 Å².